The molecule has 0 atom stereocenters. The lowest BCUT2D eigenvalue weighted by Crippen LogP contribution is -2.16. The molecule has 1 aromatic carbocycles. The summed E-state index contributed by atoms with van der Waals surface area (Å²) < 4.78 is 10.4. The van der Waals surface area contributed by atoms with Crippen LogP contribution in [0.15, 0.2) is 53.1 Å². The number of benzene rings is 1. The normalized spacial score (nSPS) is 13.6. The Morgan fingerprint density at radius 1 is 1.10 bits per heavy atom. The second kappa shape index (κ2) is 8.49. The molecule has 2 heterocycles. The van der Waals surface area contributed by atoms with Gasteiger partial charge < -0.3 is 14.5 Å². The number of hydrogen-bond acceptors (Lipinski definition) is 5. The summed E-state index contributed by atoms with van der Waals surface area (Å²) in [6.45, 7) is 0. The number of carbonyl (C=O) groups excluding carboxylic acids is 2. The van der Waals surface area contributed by atoms with E-state index in [9.17, 15) is 9.59 Å². The summed E-state index contributed by atoms with van der Waals surface area (Å²) in [4.78, 5) is 26.9. The second-order valence-electron chi connectivity index (χ2n) is 6.80. The molecule has 0 saturated heterocycles. The summed E-state index contributed by atoms with van der Waals surface area (Å²) in [5.41, 5.74) is 2.73. The van der Waals surface area contributed by atoms with Crippen molar-refractivity contribution in [3.05, 3.63) is 76.1 Å². The average molecular weight is 407 g/mol. The summed E-state index contributed by atoms with van der Waals surface area (Å²) in [5.74, 6) is -0.120. The van der Waals surface area contributed by atoms with Gasteiger partial charge >= 0.3 is 5.97 Å². The molecule has 0 aliphatic heterocycles. The van der Waals surface area contributed by atoms with E-state index in [-0.39, 0.29) is 5.91 Å². The van der Waals surface area contributed by atoms with E-state index in [1.165, 1.54) is 18.4 Å². The third kappa shape index (κ3) is 4.03. The summed E-state index contributed by atoms with van der Waals surface area (Å²) in [7, 11) is 1.37. The van der Waals surface area contributed by atoms with E-state index in [4.69, 9.17) is 9.15 Å². The number of ether oxygens (including phenoxy) is 1. The fraction of sp³-hybridized carbons (Fsp3) is 0.217. The van der Waals surface area contributed by atoms with Gasteiger partial charge in [0.05, 0.1) is 24.5 Å². The molecule has 0 bridgehead atoms. The van der Waals surface area contributed by atoms with E-state index in [0.717, 1.165) is 41.7 Å². The Morgan fingerprint density at radius 2 is 1.90 bits per heavy atom. The minimum Gasteiger partial charge on any atom is -0.465 e. The Morgan fingerprint density at radius 3 is 2.62 bits per heavy atom. The lowest BCUT2D eigenvalue weighted by molar-refractivity contribution is -0.111. The molecule has 0 spiro atoms. The van der Waals surface area contributed by atoms with Gasteiger partial charge in [-0.05, 0) is 55.0 Å². The number of furan rings is 1. The minimum atomic E-state index is -0.407. The highest BCUT2D eigenvalue weighted by atomic mass is 32.1. The van der Waals surface area contributed by atoms with Crippen LogP contribution in [-0.2, 0) is 22.4 Å². The van der Waals surface area contributed by atoms with E-state index < -0.39 is 5.97 Å². The van der Waals surface area contributed by atoms with Gasteiger partial charge in [0.1, 0.15) is 10.8 Å². The SMILES string of the molecule is COC(=O)c1c(NC(=O)C(=Cc2ccco2)c2ccccc2)sc2c1CCCC2. The fourth-order valence-corrected chi connectivity index (χ4v) is 4.83. The van der Waals surface area contributed by atoms with Crippen molar-refractivity contribution in [3.8, 4) is 0 Å². The molecule has 3 aromatic rings. The number of esters is 1. The zero-order valence-corrected chi connectivity index (χ0v) is 16.9. The molecule has 2 aromatic heterocycles. The quantitative estimate of drug-likeness (QED) is 0.467. The van der Waals surface area contributed by atoms with Gasteiger partial charge in [-0.25, -0.2) is 4.79 Å². The summed E-state index contributed by atoms with van der Waals surface area (Å²) in [6.07, 6.45) is 7.16. The van der Waals surface area contributed by atoms with Gasteiger partial charge in [0.15, 0.2) is 0 Å². The molecular weight excluding hydrogens is 386 g/mol. The standard InChI is InChI=1S/C23H21NO4S/c1-27-23(26)20-17-11-5-6-12-19(17)29-22(20)24-21(25)18(14-16-10-7-13-28-16)15-8-3-2-4-9-15/h2-4,7-10,13-14H,5-6,11-12H2,1H3,(H,24,25). The predicted molar refractivity (Wildman–Crippen MR) is 114 cm³/mol. The highest BCUT2D eigenvalue weighted by Gasteiger charge is 2.27. The van der Waals surface area contributed by atoms with Gasteiger partial charge in [-0.2, -0.15) is 0 Å². The van der Waals surface area contributed by atoms with Gasteiger partial charge in [-0.3, -0.25) is 4.79 Å². The summed E-state index contributed by atoms with van der Waals surface area (Å²) >= 11 is 1.47. The molecule has 0 unspecified atom stereocenters. The largest absolute Gasteiger partial charge is 0.465 e. The molecule has 0 fully saturated rings. The first-order valence-electron chi connectivity index (χ1n) is 9.52. The van der Waals surface area contributed by atoms with Gasteiger partial charge in [0.25, 0.3) is 5.91 Å². The maximum Gasteiger partial charge on any atom is 0.341 e. The molecule has 5 nitrogen and oxygen atoms in total. The van der Waals surface area contributed by atoms with E-state index in [1.54, 1.807) is 24.5 Å². The van der Waals surface area contributed by atoms with E-state index in [2.05, 4.69) is 5.32 Å². The highest BCUT2D eigenvalue weighted by molar-refractivity contribution is 7.17. The van der Waals surface area contributed by atoms with Crippen LogP contribution in [0.25, 0.3) is 11.6 Å². The van der Waals surface area contributed by atoms with Crippen molar-refractivity contribution in [1.29, 1.82) is 0 Å². The number of anilines is 1. The fourth-order valence-electron chi connectivity index (χ4n) is 3.56. The van der Waals surface area contributed by atoms with E-state index in [1.807, 2.05) is 30.3 Å². The topological polar surface area (TPSA) is 68.5 Å². The van der Waals surface area contributed by atoms with Crippen molar-refractivity contribution in [2.75, 3.05) is 12.4 Å². The number of carbonyl (C=O) groups is 2. The molecule has 6 heteroatoms. The first kappa shape index (κ1) is 19.2. The molecule has 1 aliphatic carbocycles. The molecule has 1 amide bonds. The molecular formula is C23H21NO4S. The van der Waals surface area contributed by atoms with Crippen LogP contribution in [-0.4, -0.2) is 19.0 Å². The van der Waals surface area contributed by atoms with E-state index in [0.29, 0.717) is 21.9 Å². The van der Waals surface area contributed by atoms with Crippen LogP contribution in [0.5, 0.6) is 0 Å². The Kier molecular flexibility index (Phi) is 5.62. The highest BCUT2D eigenvalue weighted by Crippen LogP contribution is 2.39. The minimum absolute atomic E-state index is 0.295. The van der Waals surface area contributed by atoms with Crippen LogP contribution in [0.2, 0.25) is 0 Å². The Bertz CT molecular complexity index is 1050. The number of hydrogen-bond donors (Lipinski definition) is 1. The van der Waals surface area contributed by atoms with Crippen molar-refractivity contribution in [2.45, 2.75) is 25.7 Å². The maximum atomic E-state index is 13.2. The van der Waals surface area contributed by atoms with Crippen LogP contribution in [0.1, 0.15) is 45.0 Å². The van der Waals surface area contributed by atoms with Crippen LogP contribution in [0.4, 0.5) is 5.00 Å². The van der Waals surface area contributed by atoms with Crippen LogP contribution in [0, 0.1) is 0 Å². The molecule has 148 valence electrons. The van der Waals surface area contributed by atoms with Crippen molar-refractivity contribution >= 4 is 39.9 Å². The van der Waals surface area contributed by atoms with Gasteiger partial charge in [-0.1, -0.05) is 30.3 Å². The van der Waals surface area contributed by atoms with Crippen molar-refractivity contribution < 1.29 is 18.7 Å². The summed E-state index contributed by atoms with van der Waals surface area (Å²) in [6, 6.07) is 13.0. The van der Waals surface area contributed by atoms with Crippen molar-refractivity contribution in [3.63, 3.8) is 0 Å². The lowest BCUT2D eigenvalue weighted by atomic mass is 9.95. The lowest BCUT2D eigenvalue weighted by Gasteiger charge is -2.12. The molecule has 1 aliphatic rings. The second-order valence-corrected chi connectivity index (χ2v) is 7.91. The maximum absolute atomic E-state index is 13.2. The smallest absolute Gasteiger partial charge is 0.341 e. The number of fused-ring (bicyclic) bond motifs is 1. The number of amides is 1. The Labute approximate surface area is 173 Å². The predicted octanol–water partition coefficient (Wildman–Crippen LogP) is 5.19. The molecule has 29 heavy (non-hydrogen) atoms. The van der Waals surface area contributed by atoms with Crippen LogP contribution < -0.4 is 5.32 Å². The van der Waals surface area contributed by atoms with Crippen LogP contribution in [0.3, 0.4) is 0 Å². The Hall–Kier alpha value is -3.12. The number of aryl methyl sites for hydroxylation is 1. The number of thiophene rings is 1. The third-order valence-corrected chi connectivity index (χ3v) is 6.15. The van der Waals surface area contributed by atoms with E-state index >= 15 is 0 Å². The average Bonchev–Trinajstić information content (AvgIpc) is 3.39. The first-order valence-corrected chi connectivity index (χ1v) is 10.3. The van der Waals surface area contributed by atoms with Crippen LogP contribution >= 0.6 is 11.3 Å². The number of rotatable bonds is 5. The van der Waals surface area contributed by atoms with Gasteiger partial charge in [-0.15, -0.1) is 11.3 Å². The van der Waals surface area contributed by atoms with Crippen molar-refractivity contribution in [1.82, 2.24) is 0 Å². The van der Waals surface area contributed by atoms with Gasteiger partial charge in [0, 0.05) is 4.88 Å². The third-order valence-electron chi connectivity index (χ3n) is 4.95. The van der Waals surface area contributed by atoms with Gasteiger partial charge in [0.2, 0.25) is 0 Å². The molecule has 0 saturated carbocycles. The number of methoxy groups -OCH3 is 1. The Balaban J connectivity index is 1.72. The zero-order valence-electron chi connectivity index (χ0n) is 16.1. The molecule has 4 rings (SSSR count). The zero-order chi connectivity index (χ0) is 20.2. The summed E-state index contributed by atoms with van der Waals surface area (Å²) in [5, 5.41) is 3.51. The van der Waals surface area contributed by atoms with Crippen molar-refractivity contribution in [2.24, 2.45) is 0 Å². The monoisotopic (exact) mass is 407 g/mol. The first-order chi connectivity index (χ1) is 14.2. The molecule has 0 radical (unpaired) electrons. The molecule has 1 N–H and O–H groups in total. The number of nitrogens with one attached hydrogen (secondary N) is 1.